The summed E-state index contributed by atoms with van der Waals surface area (Å²) < 4.78 is 0. The van der Waals surface area contributed by atoms with E-state index in [0.29, 0.717) is 0 Å². The summed E-state index contributed by atoms with van der Waals surface area (Å²) in [5.41, 5.74) is -0.260. The molecule has 1 aliphatic carbocycles. The third kappa shape index (κ3) is 1.10. The molecule has 4 nitrogen and oxygen atoms in total. The van der Waals surface area contributed by atoms with Gasteiger partial charge in [-0.25, -0.2) is 0 Å². The first kappa shape index (κ1) is 7.05. The Balaban J connectivity index is 2.59. The number of oxime groups is 2. The average Bonchev–Trinajstić information content (AvgIpc) is 1.84. The quantitative estimate of drug-likeness (QED) is 0.344. The van der Waals surface area contributed by atoms with Crippen LogP contribution in [0.15, 0.2) is 10.3 Å². The number of nitrogens with zero attached hydrogens (tertiary/aromatic N) is 2. The molecule has 0 aromatic carbocycles. The van der Waals surface area contributed by atoms with E-state index in [-0.39, 0.29) is 5.41 Å². The van der Waals surface area contributed by atoms with E-state index in [1.807, 2.05) is 0 Å². The molecule has 0 aliphatic heterocycles. The molecule has 0 aromatic rings. The van der Waals surface area contributed by atoms with Crippen LogP contribution in [-0.2, 0) is 0 Å². The zero-order valence-corrected chi connectivity index (χ0v) is 5.56. The molecule has 10 heavy (non-hydrogen) atoms. The van der Waals surface area contributed by atoms with Crippen LogP contribution in [0.5, 0.6) is 0 Å². The lowest BCUT2D eigenvalue weighted by atomic mass is 9.71. The fraction of sp³-hybridized carbons (Fsp3) is 0.667. The van der Waals surface area contributed by atoms with Crippen molar-refractivity contribution in [2.24, 2.45) is 15.7 Å². The third-order valence-electron chi connectivity index (χ3n) is 1.91. The van der Waals surface area contributed by atoms with Crippen LogP contribution in [0, 0.1) is 5.41 Å². The van der Waals surface area contributed by atoms with E-state index < -0.39 is 0 Å². The van der Waals surface area contributed by atoms with E-state index in [1.54, 1.807) is 0 Å². The smallest absolute Gasteiger partial charge is 0.0552 e. The Morgan fingerprint density at radius 1 is 1.10 bits per heavy atom. The van der Waals surface area contributed by atoms with Gasteiger partial charge in [0.05, 0.1) is 12.4 Å². The Kier molecular flexibility index (Phi) is 1.89. The highest BCUT2D eigenvalue weighted by Gasteiger charge is 2.34. The zero-order chi connectivity index (χ0) is 7.45. The minimum atomic E-state index is -0.260. The summed E-state index contributed by atoms with van der Waals surface area (Å²) in [6.45, 7) is 0. The summed E-state index contributed by atoms with van der Waals surface area (Å²) >= 11 is 0. The lowest BCUT2D eigenvalue weighted by molar-refractivity contribution is 0.281. The highest BCUT2D eigenvalue weighted by molar-refractivity contribution is 5.89. The Labute approximate surface area is 58.8 Å². The second kappa shape index (κ2) is 2.68. The van der Waals surface area contributed by atoms with Crippen molar-refractivity contribution in [1.29, 1.82) is 0 Å². The van der Waals surface area contributed by atoms with Gasteiger partial charge in [0.2, 0.25) is 0 Å². The predicted octanol–water partition coefficient (Wildman–Crippen LogP) is 1.08. The van der Waals surface area contributed by atoms with Crippen LogP contribution in [-0.4, -0.2) is 22.8 Å². The molecule has 0 aromatic heterocycles. The highest BCUT2D eigenvalue weighted by Crippen LogP contribution is 2.37. The van der Waals surface area contributed by atoms with E-state index in [1.165, 1.54) is 12.4 Å². The average molecular weight is 142 g/mol. The number of hydrogen-bond acceptors (Lipinski definition) is 4. The lowest BCUT2D eigenvalue weighted by Gasteiger charge is -2.33. The normalized spacial score (nSPS) is 23.6. The van der Waals surface area contributed by atoms with Crippen molar-refractivity contribution in [3.8, 4) is 0 Å². The van der Waals surface area contributed by atoms with Gasteiger partial charge in [0, 0.05) is 5.41 Å². The molecular weight excluding hydrogens is 132 g/mol. The SMILES string of the molecule is ON=CC1(C=NO)CCC1. The van der Waals surface area contributed by atoms with E-state index in [2.05, 4.69) is 10.3 Å². The summed E-state index contributed by atoms with van der Waals surface area (Å²) in [6, 6.07) is 0. The Morgan fingerprint density at radius 2 is 1.60 bits per heavy atom. The summed E-state index contributed by atoms with van der Waals surface area (Å²) in [5.74, 6) is 0. The maximum absolute atomic E-state index is 8.22. The Bertz CT molecular complexity index is 147. The molecule has 0 unspecified atom stereocenters. The first-order chi connectivity index (χ1) is 4.83. The van der Waals surface area contributed by atoms with Gasteiger partial charge in [-0.05, 0) is 12.8 Å². The van der Waals surface area contributed by atoms with Crippen LogP contribution in [0.4, 0.5) is 0 Å². The second-order valence-corrected chi connectivity index (χ2v) is 2.58. The van der Waals surface area contributed by atoms with Crippen LogP contribution in [0.2, 0.25) is 0 Å². The fourth-order valence-corrected chi connectivity index (χ4v) is 1.11. The monoisotopic (exact) mass is 142 g/mol. The summed E-state index contributed by atoms with van der Waals surface area (Å²) in [7, 11) is 0. The first-order valence-electron chi connectivity index (χ1n) is 3.20. The molecule has 1 fully saturated rings. The third-order valence-corrected chi connectivity index (χ3v) is 1.91. The first-order valence-corrected chi connectivity index (χ1v) is 3.20. The predicted molar refractivity (Wildman–Crippen MR) is 36.8 cm³/mol. The van der Waals surface area contributed by atoms with E-state index in [4.69, 9.17) is 10.4 Å². The van der Waals surface area contributed by atoms with Gasteiger partial charge in [0.25, 0.3) is 0 Å². The van der Waals surface area contributed by atoms with Gasteiger partial charge in [-0.3, -0.25) is 0 Å². The van der Waals surface area contributed by atoms with Crippen LogP contribution in [0.25, 0.3) is 0 Å². The highest BCUT2D eigenvalue weighted by atomic mass is 16.4. The molecule has 0 heterocycles. The van der Waals surface area contributed by atoms with E-state index in [9.17, 15) is 0 Å². The molecule has 1 saturated carbocycles. The molecule has 0 amide bonds. The maximum atomic E-state index is 8.22. The van der Waals surface area contributed by atoms with Crippen molar-refractivity contribution in [2.75, 3.05) is 0 Å². The molecular formula is C6H10N2O2. The van der Waals surface area contributed by atoms with Gasteiger partial charge in [0.15, 0.2) is 0 Å². The van der Waals surface area contributed by atoms with Crippen molar-refractivity contribution in [3.63, 3.8) is 0 Å². The van der Waals surface area contributed by atoms with Crippen molar-refractivity contribution in [3.05, 3.63) is 0 Å². The zero-order valence-electron chi connectivity index (χ0n) is 5.56. The molecule has 2 N–H and O–H groups in total. The minimum Gasteiger partial charge on any atom is -0.411 e. The minimum absolute atomic E-state index is 0.260. The fourth-order valence-electron chi connectivity index (χ4n) is 1.11. The van der Waals surface area contributed by atoms with Gasteiger partial charge in [-0.2, -0.15) is 0 Å². The molecule has 1 aliphatic rings. The maximum Gasteiger partial charge on any atom is 0.0552 e. The molecule has 0 atom stereocenters. The summed E-state index contributed by atoms with van der Waals surface area (Å²) in [6.07, 6.45) is 5.73. The van der Waals surface area contributed by atoms with Gasteiger partial charge in [-0.1, -0.05) is 6.42 Å². The van der Waals surface area contributed by atoms with Crippen LogP contribution in [0.1, 0.15) is 19.3 Å². The van der Waals surface area contributed by atoms with Gasteiger partial charge in [0.1, 0.15) is 0 Å². The lowest BCUT2D eigenvalue weighted by Crippen LogP contribution is -2.32. The van der Waals surface area contributed by atoms with Gasteiger partial charge < -0.3 is 10.4 Å². The second-order valence-electron chi connectivity index (χ2n) is 2.58. The molecule has 1 rings (SSSR count). The summed E-state index contributed by atoms with van der Waals surface area (Å²) in [5, 5.41) is 22.3. The molecule has 0 spiro atoms. The largest absolute Gasteiger partial charge is 0.411 e. The van der Waals surface area contributed by atoms with Crippen molar-refractivity contribution >= 4 is 12.4 Å². The van der Waals surface area contributed by atoms with Crippen LogP contribution < -0.4 is 0 Å². The van der Waals surface area contributed by atoms with Crippen molar-refractivity contribution < 1.29 is 10.4 Å². The Hall–Kier alpha value is -1.06. The van der Waals surface area contributed by atoms with Crippen LogP contribution in [0.3, 0.4) is 0 Å². The molecule has 56 valence electrons. The van der Waals surface area contributed by atoms with E-state index >= 15 is 0 Å². The summed E-state index contributed by atoms with van der Waals surface area (Å²) in [4.78, 5) is 0. The molecule has 0 radical (unpaired) electrons. The Morgan fingerprint density at radius 3 is 1.80 bits per heavy atom. The standard InChI is InChI=1S/C6H10N2O2/c9-7-4-6(5-8-10)2-1-3-6/h4-5,9-10H,1-3H2. The molecule has 0 bridgehead atoms. The van der Waals surface area contributed by atoms with Crippen molar-refractivity contribution in [2.45, 2.75) is 19.3 Å². The van der Waals surface area contributed by atoms with Gasteiger partial charge >= 0.3 is 0 Å². The topological polar surface area (TPSA) is 65.2 Å². The molecule has 0 saturated heterocycles. The number of rotatable bonds is 2. The number of hydrogen-bond donors (Lipinski definition) is 2. The van der Waals surface area contributed by atoms with E-state index in [0.717, 1.165) is 19.3 Å². The van der Waals surface area contributed by atoms with Crippen LogP contribution >= 0.6 is 0 Å². The molecule has 4 heteroatoms. The van der Waals surface area contributed by atoms with Gasteiger partial charge in [-0.15, -0.1) is 10.3 Å². The van der Waals surface area contributed by atoms with Crippen molar-refractivity contribution in [1.82, 2.24) is 0 Å².